The minimum atomic E-state index is 0.705. The molecule has 2 nitrogen and oxygen atoms in total. The molecule has 0 aromatic carbocycles. The van der Waals surface area contributed by atoms with E-state index in [0.717, 1.165) is 12.0 Å². The molecule has 1 heterocycles. The highest BCUT2D eigenvalue weighted by Gasteiger charge is 2.22. The van der Waals surface area contributed by atoms with Gasteiger partial charge in [-0.3, -0.25) is 0 Å². The highest BCUT2D eigenvalue weighted by molar-refractivity contribution is 4.82. The maximum absolute atomic E-state index is 3.75. The largest absolute Gasteiger partial charge is 0.310 e. The Hall–Kier alpha value is -0.0800. The summed E-state index contributed by atoms with van der Waals surface area (Å²) in [6.07, 6.45) is 2.57. The Morgan fingerprint density at radius 3 is 2.54 bits per heavy atom. The normalized spacial score (nSPS) is 27.0. The Morgan fingerprint density at radius 2 is 2.15 bits per heavy atom. The number of likely N-dealkylation sites (N-methyl/N-ethyl adjacent to an activating group) is 1. The Bertz CT molecular complexity index is 145. The first-order valence-corrected chi connectivity index (χ1v) is 5.58. The molecule has 0 amide bonds. The van der Waals surface area contributed by atoms with Gasteiger partial charge in [-0.2, -0.15) is 0 Å². The van der Waals surface area contributed by atoms with Crippen molar-refractivity contribution in [1.82, 2.24) is 10.2 Å². The van der Waals surface area contributed by atoms with Gasteiger partial charge in [0.25, 0.3) is 0 Å². The second-order valence-electron chi connectivity index (χ2n) is 4.67. The van der Waals surface area contributed by atoms with Crippen LogP contribution in [0.15, 0.2) is 0 Å². The zero-order chi connectivity index (χ0) is 9.84. The standard InChI is InChI=1S/C11H24N2/c1-5-11(9(2)3)12-10-6-7-13(4)8-10/h9-12H,5-8H2,1-4H3/t10-,11+/m0/s1. The number of nitrogens with zero attached hydrogens (tertiary/aromatic N) is 1. The molecule has 0 saturated carbocycles. The van der Waals surface area contributed by atoms with Gasteiger partial charge in [0.05, 0.1) is 0 Å². The summed E-state index contributed by atoms with van der Waals surface area (Å²) in [6.45, 7) is 9.37. The molecule has 1 aliphatic heterocycles. The van der Waals surface area contributed by atoms with Crippen LogP contribution in [0.1, 0.15) is 33.6 Å². The third kappa shape index (κ3) is 3.28. The summed E-state index contributed by atoms with van der Waals surface area (Å²) in [6, 6.07) is 1.44. The molecule has 1 rings (SSSR count). The molecule has 2 heteroatoms. The molecular formula is C11H24N2. The summed E-state index contributed by atoms with van der Waals surface area (Å²) in [5, 5.41) is 3.75. The number of nitrogens with one attached hydrogen (secondary N) is 1. The molecule has 0 aromatic heterocycles. The van der Waals surface area contributed by atoms with Gasteiger partial charge in [0.1, 0.15) is 0 Å². The van der Waals surface area contributed by atoms with Crippen LogP contribution in [0, 0.1) is 5.92 Å². The van der Waals surface area contributed by atoms with E-state index in [1.54, 1.807) is 0 Å². The summed E-state index contributed by atoms with van der Waals surface area (Å²) >= 11 is 0. The Balaban J connectivity index is 2.30. The zero-order valence-electron chi connectivity index (χ0n) is 9.51. The van der Waals surface area contributed by atoms with Crippen molar-refractivity contribution in [3.63, 3.8) is 0 Å². The predicted molar refractivity (Wildman–Crippen MR) is 58.0 cm³/mol. The summed E-state index contributed by atoms with van der Waals surface area (Å²) in [5.41, 5.74) is 0. The molecule has 78 valence electrons. The minimum absolute atomic E-state index is 0.705. The van der Waals surface area contributed by atoms with Gasteiger partial charge in [0.15, 0.2) is 0 Å². The van der Waals surface area contributed by atoms with Crippen LogP contribution < -0.4 is 5.32 Å². The minimum Gasteiger partial charge on any atom is -0.310 e. The van der Waals surface area contributed by atoms with Gasteiger partial charge < -0.3 is 10.2 Å². The molecule has 1 aliphatic rings. The quantitative estimate of drug-likeness (QED) is 0.715. The van der Waals surface area contributed by atoms with Crippen LogP contribution in [0.3, 0.4) is 0 Å². The van der Waals surface area contributed by atoms with Crippen molar-refractivity contribution >= 4 is 0 Å². The molecule has 1 saturated heterocycles. The van der Waals surface area contributed by atoms with E-state index in [4.69, 9.17) is 0 Å². The highest BCUT2D eigenvalue weighted by Crippen LogP contribution is 2.12. The van der Waals surface area contributed by atoms with E-state index in [9.17, 15) is 0 Å². The summed E-state index contributed by atoms with van der Waals surface area (Å²) in [7, 11) is 2.21. The molecular weight excluding hydrogens is 160 g/mol. The fourth-order valence-corrected chi connectivity index (χ4v) is 2.16. The van der Waals surface area contributed by atoms with Crippen molar-refractivity contribution < 1.29 is 0 Å². The molecule has 2 atom stereocenters. The summed E-state index contributed by atoms with van der Waals surface area (Å²) in [5.74, 6) is 0.760. The van der Waals surface area contributed by atoms with E-state index in [0.29, 0.717) is 6.04 Å². The van der Waals surface area contributed by atoms with Crippen LogP contribution in [-0.4, -0.2) is 37.1 Å². The first kappa shape index (κ1) is 11.0. The van der Waals surface area contributed by atoms with Crippen LogP contribution in [0.4, 0.5) is 0 Å². The van der Waals surface area contributed by atoms with Gasteiger partial charge in [-0.05, 0) is 32.4 Å². The predicted octanol–water partition coefficient (Wildman–Crippen LogP) is 1.71. The van der Waals surface area contributed by atoms with E-state index in [2.05, 4.69) is 38.0 Å². The average Bonchev–Trinajstić information content (AvgIpc) is 2.46. The maximum Gasteiger partial charge on any atom is 0.0209 e. The van der Waals surface area contributed by atoms with Crippen molar-refractivity contribution in [2.75, 3.05) is 20.1 Å². The van der Waals surface area contributed by atoms with Crippen molar-refractivity contribution in [3.8, 4) is 0 Å². The fraction of sp³-hybridized carbons (Fsp3) is 1.00. The second kappa shape index (κ2) is 4.97. The van der Waals surface area contributed by atoms with Gasteiger partial charge in [-0.25, -0.2) is 0 Å². The first-order chi connectivity index (χ1) is 6.13. The molecule has 1 N–H and O–H groups in total. The van der Waals surface area contributed by atoms with Crippen molar-refractivity contribution in [1.29, 1.82) is 0 Å². The number of likely N-dealkylation sites (tertiary alicyclic amines) is 1. The van der Waals surface area contributed by atoms with Crippen LogP contribution in [0.2, 0.25) is 0 Å². The van der Waals surface area contributed by atoms with Gasteiger partial charge in [-0.1, -0.05) is 20.8 Å². The van der Waals surface area contributed by atoms with E-state index in [1.807, 2.05) is 0 Å². The summed E-state index contributed by atoms with van der Waals surface area (Å²) in [4.78, 5) is 2.41. The molecule has 0 spiro atoms. The van der Waals surface area contributed by atoms with Crippen LogP contribution in [0.5, 0.6) is 0 Å². The van der Waals surface area contributed by atoms with Crippen molar-refractivity contribution in [2.45, 2.75) is 45.7 Å². The molecule has 0 aromatic rings. The first-order valence-electron chi connectivity index (χ1n) is 5.58. The van der Waals surface area contributed by atoms with Crippen molar-refractivity contribution in [2.24, 2.45) is 5.92 Å². The molecule has 0 radical (unpaired) electrons. The zero-order valence-corrected chi connectivity index (χ0v) is 9.51. The van der Waals surface area contributed by atoms with Gasteiger partial charge in [0, 0.05) is 18.6 Å². The van der Waals surface area contributed by atoms with Crippen molar-refractivity contribution in [3.05, 3.63) is 0 Å². The maximum atomic E-state index is 3.75. The van der Waals surface area contributed by atoms with E-state index in [1.165, 1.54) is 25.9 Å². The van der Waals surface area contributed by atoms with Gasteiger partial charge >= 0.3 is 0 Å². The lowest BCUT2D eigenvalue weighted by atomic mass is 10.0. The third-order valence-electron chi connectivity index (χ3n) is 3.09. The Morgan fingerprint density at radius 1 is 1.46 bits per heavy atom. The third-order valence-corrected chi connectivity index (χ3v) is 3.09. The lowest BCUT2D eigenvalue weighted by Crippen LogP contribution is -2.42. The molecule has 0 bridgehead atoms. The Labute approximate surface area is 82.7 Å². The molecule has 13 heavy (non-hydrogen) atoms. The average molecular weight is 184 g/mol. The number of rotatable bonds is 4. The number of hydrogen-bond donors (Lipinski definition) is 1. The van der Waals surface area contributed by atoms with E-state index < -0.39 is 0 Å². The lowest BCUT2D eigenvalue weighted by Gasteiger charge is -2.25. The smallest absolute Gasteiger partial charge is 0.0209 e. The van der Waals surface area contributed by atoms with E-state index >= 15 is 0 Å². The van der Waals surface area contributed by atoms with Gasteiger partial charge in [-0.15, -0.1) is 0 Å². The van der Waals surface area contributed by atoms with Crippen LogP contribution in [-0.2, 0) is 0 Å². The molecule has 0 unspecified atom stereocenters. The van der Waals surface area contributed by atoms with Crippen LogP contribution >= 0.6 is 0 Å². The summed E-state index contributed by atoms with van der Waals surface area (Å²) < 4.78 is 0. The number of hydrogen-bond acceptors (Lipinski definition) is 2. The molecule has 0 aliphatic carbocycles. The second-order valence-corrected chi connectivity index (χ2v) is 4.67. The topological polar surface area (TPSA) is 15.3 Å². The molecule has 1 fully saturated rings. The SMILES string of the molecule is CC[C@@H](N[C@H]1CCN(C)C1)C(C)C. The fourth-order valence-electron chi connectivity index (χ4n) is 2.16. The van der Waals surface area contributed by atoms with Crippen LogP contribution in [0.25, 0.3) is 0 Å². The lowest BCUT2D eigenvalue weighted by molar-refractivity contribution is 0.332. The Kier molecular flexibility index (Phi) is 4.20. The monoisotopic (exact) mass is 184 g/mol. The highest BCUT2D eigenvalue weighted by atomic mass is 15.2. The van der Waals surface area contributed by atoms with E-state index in [-0.39, 0.29) is 0 Å². The van der Waals surface area contributed by atoms with Gasteiger partial charge in [0.2, 0.25) is 0 Å².